The Kier molecular flexibility index (Phi) is 2.65. The Labute approximate surface area is 86.7 Å². The van der Waals surface area contributed by atoms with Gasteiger partial charge in [0.05, 0.1) is 0 Å². The number of Topliss-reactive ketones (excluding diaryl/α,β-unsaturated/α-hetero) is 1. The molecule has 4 unspecified atom stereocenters. The maximum atomic E-state index is 11.5. The average Bonchev–Trinajstić information content (AvgIpc) is 2.94. The molecule has 1 saturated heterocycles. The minimum atomic E-state index is 0.252. The van der Waals surface area contributed by atoms with Crippen molar-refractivity contribution in [1.82, 2.24) is 4.90 Å². The van der Waals surface area contributed by atoms with Crippen LogP contribution in [-0.4, -0.2) is 29.3 Å². The summed E-state index contributed by atoms with van der Waals surface area (Å²) in [5.41, 5.74) is 0. The summed E-state index contributed by atoms with van der Waals surface area (Å²) in [6.45, 7) is 7.58. The van der Waals surface area contributed by atoms with Crippen LogP contribution in [-0.2, 0) is 4.79 Å². The lowest BCUT2D eigenvalue weighted by Crippen LogP contribution is -2.48. The highest BCUT2D eigenvalue weighted by molar-refractivity contribution is 5.82. The number of rotatable bonds is 2. The van der Waals surface area contributed by atoms with Crippen molar-refractivity contribution in [2.45, 2.75) is 52.1 Å². The van der Waals surface area contributed by atoms with Crippen molar-refractivity contribution in [3.8, 4) is 0 Å². The minimum absolute atomic E-state index is 0.252. The van der Waals surface area contributed by atoms with Crippen molar-refractivity contribution in [3.05, 3.63) is 0 Å². The molecule has 1 saturated carbocycles. The number of nitrogens with zero attached hydrogens (tertiary/aromatic N) is 1. The number of hydrogen-bond donors (Lipinski definition) is 0. The van der Waals surface area contributed by atoms with Crippen molar-refractivity contribution in [1.29, 1.82) is 0 Å². The Morgan fingerprint density at radius 1 is 1.43 bits per heavy atom. The van der Waals surface area contributed by atoms with Crippen LogP contribution in [0.4, 0.5) is 0 Å². The zero-order valence-corrected chi connectivity index (χ0v) is 9.49. The molecule has 0 radical (unpaired) electrons. The molecule has 2 rings (SSSR count). The summed E-state index contributed by atoms with van der Waals surface area (Å²) < 4.78 is 0. The Bertz CT molecular complexity index is 238. The molecule has 0 N–H and O–H groups in total. The number of carbonyl (C=O) groups is 1. The Hall–Kier alpha value is -0.370. The van der Waals surface area contributed by atoms with Crippen LogP contribution in [0.25, 0.3) is 0 Å². The third-order valence-electron chi connectivity index (χ3n) is 4.21. The summed E-state index contributed by atoms with van der Waals surface area (Å²) >= 11 is 0. The molecule has 1 aliphatic carbocycles. The van der Waals surface area contributed by atoms with Gasteiger partial charge in [0.25, 0.3) is 0 Å². The van der Waals surface area contributed by atoms with Gasteiger partial charge in [-0.2, -0.15) is 0 Å². The highest BCUT2D eigenvalue weighted by Gasteiger charge is 2.45. The molecule has 4 atom stereocenters. The summed E-state index contributed by atoms with van der Waals surface area (Å²) in [6.07, 6.45) is 3.44. The zero-order chi connectivity index (χ0) is 10.3. The first-order valence-electron chi connectivity index (χ1n) is 5.93. The van der Waals surface area contributed by atoms with Crippen LogP contribution in [0.5, 0.6) is 0 Å². The molecule has 2 fully saturated rings. The van der Waals surface area contributed by atoms with Gasteiger partial charge in [0, 0.05) is 31.0 Å². The number of carbonyl (C=O) groups excluding carboxylic acids is 1. The standard InChI is InChI=1S/C12H21NO/c1-4-10-7-11(10)13-6-5-12(14)8(2)9(13)3/h8-11H,4-7H2,1-3H3. The molecule has 0 aromatic carbocycles. The Balaban J connectivity index is 1.97. The van der Waals surface area contributed by atoms with Gasteiger partial charge in [-0.1, -0.05) is 20.3 Å². The second-order valence-corrected chi connectivity index (χ2v) is 4.95. The van der Waals surface area contributed by atoms with Gasteiger partial charge >= 0.3 is 0 Å². The average molecular weight is 195 g/mol. The minimum Gasteiger partial charge on any atom is -0.299 e. The first-order valence-corrected chi connectivity index (χ1v) is 5.93. The summed E-state index contributed by atoms with van der Waals surface area (Å²) in [4.78, 5) is 14.1. The van der Waals surface area contributed by atoms with Crippen LogP contribution in [0.1, 0.15) is 40.0 Å². The molecular weight excluding hydrogens is 174 g/mol. The summed E-state index contributed by atoms with van der Waals surface area (Å²) in [6, 6.07) is 1.27. The van der Waals surface area contributed by atoms with Crippen molar-refractivity contribution in [3.63, 3.8) is 0 Å². The molecule has 2 aliphatic rings. The zero-order valence-electron chi connectivity index (χ0n) is 9.49. The lowest BCUT2D eigenvalue weighted by molar-refractivity contribution is -0.128. The van der Waals surface area contributed by atoms with E-state index in [-0.39, 0.29) is 5.92 Å². The molecule has 0 aromatic rings. The normalized spacial score (nSPS) is 44.1. The Morgan fingerprint density at radius 2 is 2.14 bits per heavy atom. The predicted octanol–water partition coefficient (Wildman–Crippen LogP) is 2.08. The molecule has 0 aromatic heterocycles. The molecule has 0 bridgehead atoms. The van der Waals surface area contributed by atoms with Crippen LogP contribution in [0, 0.1) is 11.8 Å². The molecule has 2 nitrogen and oxygen atoms in total. The van der Waals surface area contributed by atoms with Crippen LogP contribution >= 0.6 is 0 Å². The number of hydrogen-bond acceptors (Lipinski definition) is 2. The van der Waals surface area contributed by atoms with Gasteiger partial charge in [-0.05, 0) is 19.3 Å². The summed E-state index contributed by atoms with van der Waals surface area (Å²) in [7, 11) is 0. The molecule has 0 amide bonds. The predicted molar refractivity (Wildman–Crippen MR) is 57.1 cm³/mol. The van der Waals surface area contributed by atoms with E-state index in [2.05, 4.69) is 25.7 Å². The highest BCUT2D eigenvalue weighted by Crippen LogP contribution is 2.41. The topological polar surface area (TPSA) is 20.3 Å². The quantitative estimate of drug-likeness (QED) is 0.672. The second kappa shape index (κ2) is 3.65. The smallest absolute Gasteiger partial charge is 0.138 e. The van der Waals surface area contributed by atoms with Crippen LogP contribution < -0.4 is 0 Å². The first-order chi connectivity index (χ1) is 6.65. The lowest BCUT2D eigenvalue weighted by atomic mass is 9.90. The summed E-state index contributed by atoms with van der Waals surface area (Å²) in [5, 5.41) is 0. The van der Waals surface area contributed by atoms with E-state index in [1.807, 2.05) is 0 Å². The van der Waals surface area contributed by atoms with Crippen molar-refractivity contribution in [2.24, 2.45) is 11.8 Å². The van der Waals surface area contributed by atoms with Crippen molar-refractivity contribution in [2.75, 3.05) is 6.54 Å². The molecule has 2 heteroatoms. The van der Waals surface area contributed by atoms with E-state index < -0.39 is 0 Å². The van der Waals surface area contributed by atoms with Crippen LogP contribution in [0.2, 0.25) is 0 Å². The van der Waals surface area contributed by atoms with E-state index in [0.717, 1.165) is 24.9 Å². The SMILES string of the molecule is CCC1CC1N1CCC(=O)C(C)C1C. The van der Waals surface area contributed by atoms with Crippen molar-refractivity contribution >= 4 is 5.78 Å². The van der Waals surface area contributed by atoms with E-state index in [1.165, 1.54) is 12.8 Å². The van der Waals surface area contributed by atoms with Gasteiger partial charge in [0.1, 0.15) is 5.78 Å². The molecule has 0 spiro atoms. The third kappa shape index (κ3) is 1.60. The lowest BCUT2D eigenvalue weighted by Gasteiger charge is -2.37. The fraction of sp³-hybridized carbons (Fsp3) is 0.917. The second-order valence-electron chi connectivity index (χ2n) is 4.95. The molecular formula is C12H21NO. The van der Waals surface area contributed by atoms with Gasteiger partial charge in [0.2, 0.25) is 0 Å². The Morgan fingerprint density at radius 3 is 2.71 bits per heavy atom. The third-order valence-corrected chi connectivity index (χ3v) is 4.21. The van der Waals surface area contributed by atoms with Gasteiger partial charge in [0.15, 0.2) is 0 Å². The van der Waals surface area contributed by atoms with E-state index in [1.54, 1.807) is 0 Å². The van der Waals surface area contributed by atoms with Gasteiger partial charge < -0.3 is 0 Å². The molecule has 80 valence electrons. The monoisotopic (exact) mass is 195 g/mol. The highest BCUT2D eigenvalue weighted by atomic mass is 16.1. The fourth-order valence-electron chi connectivity index (χ4n) is 2.77. The van der Waals surface area contributed by atoms with E-state index in [0.29, 0.717) is 11.8 Å². The number of ketones is 1. The van der Waals surface area contributed by atoms with Gasteiger partial charge in [-0.25, -0.2) is 0 Å². The number of likely N-dealkylation sites (tertiary alicyclic amines) is 1. The van der Waals surface area contributed by atoms with E-state index in [4.69, 9.17) is 0 Å². The van der Waals surface area contributed by atoms with Crippen LogP contribution in [0.15, 0.2) is 0 Å². The van der Waals surface area contributed by atoms with E-state index in [9.17, 15) is 4.79 Å². The fourth-order valence-corrected chi connectivity index (χ4v) is 2.77. The maximum Gasteiger partial charge on any atom is 0.138 e. The van der Waals surface area contributed by atoms with Crippen molar-refractivity contribution < 1.29 is 4.79 Å². The summed E-state index contributed by atoms with van der Waals surface area (Å²) in [5.74, 6) is 1.63. The largest absolute Gasteiger partial charge is 0.299 e. The number of piperidine rings is 1. The molecule has 1 aliphatic heterocycles. The van der Waals surface area contributed by atoms with Gasteiger partial charge in [-0.15, -0.1) is 0 Å². The first kappa shape index (κ1) is 10.2. The van der Waals surface area contributed by atoms with E-state index >= 15 is 0 Å². The van der Waals surface area contributed by atoms with Gasteiger partial charge in [-0.3, -0.25) is 9.69 Å². The molecule has 14 heavy (non-hydrogen) atoms. The van der Waals surface area contributed by atoms with Crippen LogP contribution in [0.3, 0.4) is 0 Å². The molecule has 1 heterocycles. The maximum absolute atomic E-state index is 11.5.